The highest BCUT2D eigenvalue weighted by atomic mass is 127. The lowest BCUT2D eigenvalue weighted by atomic mass is 10.0. The number of piperidine rings is 2. The minimum absolute atomic E-state index is 0. The van der Waals surface area contributed by atoms with Gasteiger partial charge in [0.2, 0.25) is 0 Å². The molecule has 0 aromatic carbocycles. The van der Waals surface area contributed by atoms with E-state index in [1.165, 1.54) is 25.8 Å². The van der Waals surface area contributed by atoms with E-state index in [-0.39, 0.29) is 24.0 Å². The topological polar surface area (TPSA) is 55.8 Å². The summed E-state index contributed by atoms with van der Waals surface area (Å²) < 4.78 is 0. The first-order valence-corrected chi connectivity index (χ1v) is 11.2. The SMILES string of the molecule is CCNC(=NCC1CCCCN1CC)NC1CCN(Cc2ccccn2)CC1.I. The molecule has 29 heavy (non-hydrogen) atoms. The van der Waals surface area contributed by atoms with Gasteiger partial charge in [0.25, 0.3) is 0 Å². The van der Waals surface area contributed by atoms with Gasteiger partial charge in [-0.1, -0.05) is 19.4 Å². The van der Waals surface area contributed by atoms with Gasteiger partial charge in [-0.05, 0) is 57.8 Å². The lowest BCUT2D eigenvalue weighted by Crippen LogP contribution is -2.49. The predicted molar refractivity (Wildman–Crippen MR) is 132 cm³/mol. The van der Waals surface area contributed by atoms with Crippen molar-refractivity contribution in [3.8, 4) is 0 Å². The van der Waals surface area contributed by atoms with E-state index >= 15 is 0 Å². The van der Waals surface area contributed by atoms with Crippen LogP contribution in [-0.4, -0.2) is 72.1 Å². The number of rotatable bonds is 7. The molecule has 0 amide bonds. The predicted octanol–water partition coefficient (Wildman–Crippen LogP) is 3.09. The minimum atomic E-state index is 0. The number of pyridine rings is 1. The van der Waals surface area contributed by atoms with Crippen molar-refractivity contribution in [3.05, 3.63) is 30.1 Å². The molecule has 164 valence electrons. The van der Waals surface area contributed by atoms with Gasteiger partial charge in [0.05, 0.1) is 12.2 Å². The fourth-order valence-electron chi connectivity index (χ4n) is 4.35. The zero-order valence-corrected chi connectivity index (χ0v) is 20.5. The fourth-order valence-corrected chi connectivity index (χ4v) is 4.35. The number of likely N-dealkylation sites (N-methyl/N-ethyl adjacent to an activating group) is 1. The molecule has 2 fully saturated rings. The molecule has 1 unspecified atom stereocenters. The Kier molecular flexibility index (Phi) is 11.2. The summed E-state index contributed by atoms with van der Waals surface area (Å²) in [5.41, 5.74) is 1.16. The van der Waals surface area contributed by atoms with Gasteiger partial charge in [-0.25, -0.2) is 0 Å². The molecular weight excluding hydrogens is 475 g/mol. The molecule has 1 aromatic heterocycles. The molecule has 0 aliphatic carbocycles. The number of likely N-dealkylation sites (tertiary alicyclic amines) is 2. The van der Waals surface area contributed by atoms with E-state index in [0.29, 0.717) is 12.1 Å². The first-order chi connectivity index (χ1) is 13.8. The normalized spacial score (nSPS) is 22.1. The van der Waals surface area contributed by atoms with Gasteiger partial charge in [-0.15, -0.1) is 24.0 Å². The number of hydrogen-bond donors (Lipinski definition) is 2. The number of halogens is 1. The van der Waals surface area contributed by atoms with E-state index in [0.717, 1.165) is 63.8 Å². The van der Waals surface area contributed by atoms with Crippen LogP contribution in [0.5, 0.6) is 0 Å². The molecule has 6 nitrogen and oxygen atoms in total. The van der Waals surface area contributed by atoms with Crippen molar-refractivity contribution in [1.29, 1.82) is 0 Å². The number of aromatic nitrogens is 1. The third kappa shape index (κ3) is 8.02. The second kappa shape index (κ2) is 13.4. The molecule has 3 rings (SSSR count). The van der Waals surface area contributed by atoms with E-state index in [9.17, 15) is 0 Å². The molecule has 1 atom stereocenters. The van der Waals surface area contributed by atoms with Crippen LogP contribution in [0.25, 0.3) is 0 Å². The maximum absolute atomic E-state index is 4.95. The van der Waals surface area contributed by atoms with Crippen molar-refractivity contribution in [3.63, 3.8) is 0 Å². The molecule has 7 heteroatoms. The summed E-state index contributed by atoms with van der Waals surface area (Å²) in [5.74, 6) is 0.993. The summed E-state index contributed by atoms with van der Waals surface area (Å²) in [7, 11) is 0. The van der Waals surface area contributed by atoms with Gasteiger partial charge in [0, 0.05) is 44.5 Å². The molecule has 0 saturated carbocycles. The molecule has 2 aliphatic rings. The maximum Gasteiger partial charge on any atom is 0.191 e. The molecule has 1 aromatic rings. The molecule has 2 aliphatic heterocycles. The van der Waals surface area contributed by atoms with Crippen molar-refractivity contribution in [1.82, 2.24) is 25.4 Å². The number of guanidine groups is 1. The van der Waals surface area contributed by atoms with Crippen molar-refractivity contribution in [2.24, 2.45) is 4.99 Å². The number of nitrogens with zero attached hydrogens (tertiary/aromatic N) is 4. The molecule has 0 radical (unpaired) electrons. The van der Waals surface area contributed by atoms with Crippen LogP contribution in [0.2, 0.25) is 0 Å². The third-order valence-corrected chi connectivity index (χ3v) is 6.00. The van der Waals surface area contributed by atoms with Gasteiger partial charge >= 0.3 is 0 Å². The summed E-state index contributed by atoms with van der Waals surface area (Å²) in [6.07, 6.45) is 8.15. The Hall–Kier alpha value is -0.930. The lowest BCUT2D eigenvalue weighted by Gasteiger charge is -2.34. The Morgan fingerprint density at radius 2 is 1.97 bits per heavy atom. The molecule has 2 N–H and O–H groups in total. The van der Waals surface area contributed by atoms with Crippen molar-refractivity contribution in [2.75, 3.05) is 39.3 Å². The first kappa shape index (κ1) is 24.3. The molecule has 2 saturated heterocycles. The van der Waals surface area contributed by atoms with Crippen molar-refractivity contribution in [2.45, 2.75) is 64.6 Å². The summed E-state index contributed by atoms with van der Waals surface area (Å²) in [6.45, 7) is 11.8. The van der Waals surface area contributed by atoms with Crippen molar-refractivity contribution >= 4 is 29.9 Å². The van der Waals surface area contributed by atoms with E-state index in [1.54, 1.807) is 0 Å². The summed E-state index contributed by atoms with van der Waals surface area (Å²) >= 11 is 0. The van der Waals surface area contributed by atoms with Crippen LogP contribution >= 0.6 is 24.0 Å². The Morgan fingerprint density at radius 3 is 2.66 bits per heavy atom. The number of nitrogens with one attached hydrogen (secondary N) is 2. The van der Waals surface area contributed by atoms with Crippen LogP contribution in [-0.2, 0) is 6.54 Å². The van der Waals surface area contributed by atoms with E-state index in [1.807, 2.05) is 12.3 Å². The summed E-state index contributed by atoms with van der Waals surface area (Å²) in [4.78, 5) is 14.5. The highest BCUT2D eigenvalue weighted by molar-refractivity contribution is 14.0. The zero-order valence-electron chi connectivity index (χ0n) is 18.1. The van der Waals surface area contributed by atoms with Crippen LogP contribution in [0.15, 0.2) is 29.4 Å². The van der Waals surface area contributed by atoms with Gasteiger partial charge in [0.15, 0.2) is 5.96 Å². The average molecular weight is 515 g/mol. The van der Waals surface area contributed by atoms with Gasteiger partial charge in [-0.3, -0.25) is 19.8 Å². The Balaban J connectivity index is 0.00000300. The fraction of sp³-hybridized carbons (Fsp3) is 0.727. The Morgan fingerprint density at radius 1 is 1.14 bits per heavy atom. The largest absolute Gasteiger partial charge is 0.357 e. The van der Waals surface area contributed by atoms with Gasteiger partial charge in [0.1, 0.15) is 0 Å². The smallest absolute Gasteiger partial charge is 0.191 e. The Bertz CT molecular complexity index is 588. The minimum Gasteiger partial charge on any atom is -0.357 e. The lowest BCUT2D eigenvalue weighted by molar-refractivity contribution is 0.161. The van der Waals surface area contributed by atoms with Gasteiger partial charge < -0.3 is 10.6 Å². The monoisotopic (exact) mass is 514 g/mol. The third-order valence-electron chi connectivity index (χ3n) is 6.00. The Labute approximate surface area is 194 Å². The highest BCUT2D eigenvalue weighted by Gasteiger charge is 2.22. The van der Waals surface area contributed by atoms with Crippen molar-refractivity contribution < 1.29 is 0 Å². The first-order valence-electron chi connectivity index (χ1n) is 11.2. The molecule has 0 bridgehead atoms. The summed E-state index contributed by atoms with van der Waals surface area (Å²) in [6, 6.07) is 7.28. The maximum atomic E-state index is 4.95. The van der Waals surface area contributed by atoms with E-state index in [4.69, 9.17) is 4.99 Å². The van der Waals surface area contributed by atoms with Crippen LogP contribution in [0.1, 0.15) is 51.6 Å². The second-order valence-corrected chi connectivity index (χ2v) is 8.01. The standard InChI is InChI=1S/C22H38N6.HI/c1-3-23-22(25-17-21-10-6-8-14-28(21)4-2)26-19-11-15-27(16-12-19)18-20-9-5-7-13-24-20;/h5,7,9,13,19,21H,3-4,6,8,10-12,14-18H2,1-2H3,(H2,23,25,26);1H. The highest BCUT2D eigenvalue weighted by Crippen LogP contribution is 2.17. The molecule has 0 spiro atoms. The summed E-state index contributed by atoms with van der Waals surface area (Å²) in [5, 5.41) is 7.14. The van der Waals surface area contributed by atoms with E-state index in [2.05, 4.69) is 51.4 Å². The van der Waals surface area contributed by atoms with Gasteiger partial charge in [-0.2, -0.15) is 0 Å². The number of aliphatic imine (C=N–C) groups is 1. The average Bonchev–Trinajstić information content (AvgIpc) is 2.74. The van der Waals surface area contributed by atoms with Crippen LogP contribution in [0, 0.1) is 0 Å². The zero-order chi connectivity index (χ0) is 19.6. The second-order valence-electron chi connectivity index (χ2n) is 8.01. The molecular formula is C22H39IN6. The van der Waals surface area contributed by atoms with E-state index < -0.39 is 0 Å². The quantitative estimate of drug-likeness (QED) is 0.333. The van der Waals surface area contributed by atoms with Crippen LogP contribution in [0.4, 0.5) is 0 Å². The number of hydrogen-bond acceptors (Lipinski definition) is 4. The van der Waals surface area contributed by atoms with Crippen LogP contribution < -0.4 is 10.6 Å². The van der Waals surface area contributed by atoms with Crippen LogP contribution in [0.3, 0.4) is 0 Å². The molecule has 3 heterocycles.